The largest absolute Gasteiger partial charge is 0.297 e. The highest BCUT2D eigenvalue weighted by atomic mass is 16.2. The van der Waals surface area contributed by atoms with Crippen molar-refractivity contribution in [3.8, 4) is 0 Å². The summed E-state index contributed by atoms with van der Waals surface area (Å²) in [5.74, 6) is -1.05. The third-order valence-electron chi connectivity index (χ3n) is 2.14. The Kier molecular flexibility index (Phi) is 4.21. The number of Topliss-reactive ketones (excluding diaryl/α,β-unsaturated/α-hetero) is 1. The monoisotopic (exact) mass is 208 g/mol. The van der Waals surface area contributed by atoms with Crippen LogP contribution in [0.3, 0.4) is 0 Å². The molecule has 0 aliphatic carbocycles. The fourth-order valence-electron chi connectivity index (χ4n) is 1.30. The molecule has 1 aliphatic rings. The highest BCUT2D eigenvalue weighted by Gasteiger charge is 2.25. The summed E-state index contributed by atoms with van der Waals surface area (Å²) in [6.07, 6.45) is 5.55. The number of ketones is 1. The average molecular weight is 208 g/mol. The maximum absolute atomic E-state index is 11.3. The maximum atomic E-state index is 11.3. The number of nitrogens with zero attached hydrogens (tertiary/aromatic N) is 1. The highest BCUT2D eigenvalue weighted by molar-refractivity contribution is 6.15. The normalized spacial score (nSPS) is 15.1. The Bertz CT molecular complexity index is 289. The van der Waals surface area contributed by atoms with Gasteiger partial charge in [-0.3, -0.25) is 19.3 Å². The summed E-state index contributed by atoms with van der Waals surface area (Å²) >= 11 is 0. The lowest BCUT2D eigenvalue weighted by Crippen LogP contribution is -2.30. The van der Waals surface area contributed by atoms with E-state index < -0.39 is 11.8 Å². The van der Waals surface area contributed by atoms with Crippen LogP contribution >= 0.6 is 0 Å². The van der Waals surface area contributed by atoms with Gasteiger partial charge >= 0.3 is 0 Å². The van der Waals surface area contributed by atoms with E-state index in [0.717, 1.165) is 42.9 Å². The zero-order valence-electron chi connectivity index (χ0n) is 8.73. The maximum Gasteiger partial charge on any atom is 0.254 e. The molecule has 0 atom stereocenters. The van der Waals surface area contributed by atoms with Crippen molar-refractivity contribution in [2.24, 2.45) is 0 Å². The van der Waals surface area contributed by atoms with E-state index in [2.05, 4.69) is 0 Å². The van der Waals surface area contributed by atoms with Crippen LogP contribution < -0.4 is 0 Å². The minimum absolute atomic E-state index is 0.172. The van der Waals surface area contributed by atoms with Crippen molar-refractivity contribution in [3.05, 3.63) is 18.7 Å². The molecule has 0 spiro atoms. The standard InChI is InChI=1S/C11H14NO3/c1-2-3-4-5-9(13)8-12-10(14)6-7-11(12)15/h6-8H,2-5H2,1H3. The van der Waals surface area contributed by atoms with Gasteiger partial charge in [0.2, 0.25) is 0 Å². The number of imide groups is 1. The second-order valence-electron chi connectivity index (χ2n) is 3.43. The van der Waals surface area contributed by atoms with Crippen molar-refractivity contribution < 1.29 is 14.4 Å². The molecule has 0 aromatic rings. The number of amides is 2. The lowest BCUT2D eigenvalue weighted by Gasteiger charge is -2.11. The fraction of sp³-hybridized carbons (Fsp3) is 0.455. The summed E-state index contributed by atoms with van der Waals surface area (Å²) in [5, 5.41) is 0. The third kappa shape index (κ3) is 3.31. The lowest BCUT2D eigenvalue weighted by atomic mass is 10.1. The number of unbranched alkanes of at least 4 members (excludes halogenated alkanes) is 2. The zero-order valence-corrected chi connectivity index (χ0v) is 8.73. The molecular formula is C11H14NO3. The van der Waals surface area contributed by atoms with Crippen molar-refractivity contribution in [2.45, 2.75) is 32.6 Å². The molecule has 0 unspecified atom stereocenters. The highest BCUT2D eigenvalue weighted by Crippen LogP contribution is 2.09. The Morgan fingerprint density at radius 3 is 2.40 bits per heavy atom. The van der Waals surface area contributed by atoms with E-state index >= 15 is 0 Å². The summed E-state index contributed by atoms with van der Waals surface area (Å²) in [7, 11) is 0. The van der Waals surface area contributed by atoms with Crippen LogP contribution in [0.15, 0.2) is 12.2 Å². The van der Waals surface area contributed by atoms with Gasteiger partial charge in [-0.2, -0.15) is 0 Å². The van der Waals surface area contributed by atoms with Gasteiger partial charge in [-0.15, -0.1) is 0 Å². The van der Waals surface area contributed by atoms with Crippen molar-refractivity contribution in [3.63, 3.8) is 0 Å². The predicted molar refractivity (Wildman–Crippen MR) is 54.4 cm³/mol. The van der Waals surface area contributed by atoms with Gasteiger partial charge in [0.1, 0.15) is 6.54 Å². The van der Waals surface area contributed by atoms with Crippen LogP contribution in [-0.4, -0.2) is 22.5 Å². The van der Waals surface area contributed by atoms with Crippen molar-refractivity contribution >= 4 is 17.6 Å². The van der Waals surface area contributed by atoms with Gasteiger partial charge in [-0.05, 0) is 6.42 Å². The Balaban J connectivity index is 2.32. The first-order chi connectivity index (χ1) is 7.15. The molecule has 1 aliphatic heterocycles. The molecule has 0 aromatic carbocycles. The minimum atomic E-state index is -0.441. The predicted octanol–water partition coefficient (Wildman–Crippen LogP) is 1.22. The quantitative estimate of drug-likeness (QED) is 0.487. The van der Waals surface area contributed by atoms with E-state index in [0.29, 0.717) is 6.42 Å². The van der Waals surface area contributed by atoms with E-state index in [1.807, 2.05) is 6.92 Å². The van der Waals surface area contributed by atoms with Crippen LogP contribution in [0.2, 0.25) is 0 Å². The number of hydrogen-bond donors (Lipinski definition) is 0. The van der Waals surface area contributed by atoms with Gasteiger partial charge in [0.05, 0.1) is 0 Å². The van der Waals surface area contributed by atoms with E-state index in [9.17, 15) is 14.4 Å². The van der Waals surface area contributed by atoms with E-state index in [1.54, 1.807) is 0 Å². The van der Waals surface area contributed by atoms with Crippen LogP contribution in [0.1, 0.15) is 32.6 Å². The average Bonchev–Trinajstić information content (AvgIpc) is 2.50. The fourth-order valence-corrected chi connectivity index (χ4v) is 1.30. The summed E-state index contributed by atoms with van der Waals surface area (Å²) < 4.78 is 0. The molecule has 0 saturated carbocycles. The first kappa shape index (κ1) is 11.6. The molecule has 0 fully saturated rings. The second-order valence-corrected chi connectivity index (χ2v) is 3.43. The number of carbonyl (C=O) groups is 3. The van der Waals surface area contributed by atoms with Crippen LogP contribution in [0.5, 0.6) is 0 Å². The molecule has 81 valence electrons. The van der Waals surface area contributed by atoms with E-state index in [4.69, 9.17) is 0 Å². The number of carbonyl (C=O) groups excluding carboxylic acids is 3. The number of rotatable bonds is 6. The second kappa shape index (κ2) is 5.44. The summed E-state index contributed by atoms with van der Waals surface area (Å²) in [4.78, 5) is 34.4. The van der Waals surface area contributed by atoms with Crippen molar-refractivity contribution in [1.82, 2.24) is 4.90 Å². The molecule has 0 N–H and O–H groups in total. The molecule has 1 heterocycles. The number of hydrogen-bond acceptors (Lipinski definition) is 3. The first-order valence-corrected chi connectivity index (χ1v) is 5.08. The Hall–Kier alpha value is -1.45. The molecule has 2 amide bonds. The van der Waals surface area contributed by atoms with Gasteiger partial charge in [0.15, 0.2) is 5.78 Å². The third-order valence-corrected chi connectivity index (χ3v) is 2.14. The van der Waals surface area contributed by atoms with Gasteiger partial charge in [-0.1, -0.05) is 19.8 Å². The van der Waals surface area contributed by atoms with Gasteiger partial charge in [0, 0.05) is 18.6 Å². The zero-order chi connectivity index (χ0) is 11.3. The van der Waals surface area contributed by atoms with Gasteiger partial charge < -0.3 is 0 Å². The van der Waals surface area contributed by atoms with Crippen molar-refractivity contribution in [2.75, 3.05) is 0 Å². The summed E-state index contributed by atoms with van der Waals surface area (Å²) in [5.41, 5.74) is 0. The Labute approximate surface area is 88.9 Å². The SMILES string of the molecule is CCCCCC(=O)[CH]N1C(=O)C=CC1=O. The topological polar surface area (TPSA) is 54.5 Å². The lowest BCUT2D eigenvalue weighted by molar-refractivity contribution is -0.137. The molecule has 0 saturated heterocycles. The summed E-state index contributed by atoms with van der Waals surface area (Å²) in [6, 6.07) is 0. The molecule has 4 heteroatoms. The summed E-state index contributed by atoms with van der Waals surface area (Å²) in [6.45, 7) is 3.14. The minimum Gasteiger partial charge on any atom is -0.297 e. The van der Waals surface area contributed by atoms with Crippen LogP contribution in [0, 0.1) is 6.54 Å². The molecule has 0 aromatic heterocycles. The molecule has 15 heavy (non-hydrogen) atoms. The van der Waals surface area contributed by atoms with Crippen LogP contribution in [0.25, 0.3) is 0 Å². The van der Waals surface area contributed by atoms with E-state index in [-0.39, 0.29) is 5.78 Å². The Morgan fingerprint density at radius 2 is 1.87 bits per heavy atom. The Morgan fingerprint density at radius 1 is 1.27 bits per heavy atom. The van der Waals surface area contributed by atoms with Crippen LogP contribution in [0.4, 0.5) is 0 Å². The van der Waals surface area contributed by atoms with Crippen LogP contribution in [-0.2, 0) is 14.4 Å². The van der Waals surface area contributed by atoms with Crippen molar-refractivity contribution in [1.29, 1.82) is 0 Å². The first-order valence-electron chi connectivity index (χ1n) is 5.08. The molecule has 1 rings (SSSR count). The van der Waals surface area contributed by atoms with E-state index in [1.165, 1.54) is 0 Å². The van der Waals surface area contributed by atoms with Gasteiger partial charge in [0.25, 0.3) is 11.8 Å². The molecule has 1 radical (unpaired) electrons. The molecule has 4 nitrogen and oxygen atoms in total. The molecule has 0 bridgehead atoms. The smallest absolute Gasteiger partial charge is 0.254 e. The molecular weight excluding hydrogens is 194 g/mol. The van der Waals surface area contributed by atoms with Gasteiger partial charge in [-0.25, -0.2) is 0 Å².